The van der Waals surface area contributed by atoms with Crippen LogP contribution in [-0.2, 0) is 24.3 Å². The van der Waals surface area contributed by atoms with Gasteiger partial charge in [-0.3, -0.25) is 14.3 Å². The number of nitrogens with zero attached hydrogens (tertiary/aromatic N) is 2. The molecule has 2 amide bonds. The van der Waals surface area contributed by atoms with Crippen molar-refractivity contribution >= 4 is 56.6 Å². The van der Waals surface area contributed by atoms with Crippen molar-refractivity contribution in [1.29, 1.82) is 0 Å². The Bertz CT molecular complexity index is 1470. The third-order valence-electron chi connectivity index (χ3n) is 5.16. The predicted molar refractivity (Wildman–Crippen MR) is 137 cm³/mol. The van der Waals surface area contributed by atoms with E-state index in [1.807, 2.05) is 6.92 Å². The lowest BCUT2D eigenvalue weighted by Gasteiger charge is -2.15. The quantitative estimate of drug-likeness (QED) is 0.308. The first kappa shape index (κ1) is 25.9. The number of carbonyl (C=O) groups is 3. The number of benzene rings is 2. The van der Waals surface area contributed by atoms with Crippen LogP contribution >= 0.6 is 11.6 Å². The van der Waals surface area contributed by atoms with Crippen molar-refractivity contribution in [2.24, 2.45) is 0 Å². The number of imide groups is 1. The molecule has 2 aromatic carbocycles. The number of anilines is 3. The second kappa shape index (κ2) is 10.8. The van der Waals surface area contributed by atoms with Gasteiger partial charge in [0.1, 0.15) is 16.5 Å². The Hall–Kier alpha value is -4.22. The number of hydrogen-bond donors (Lipinski definition) is 2. The molecule has 0 bridgehead atoms. The Morgan fingerprint density at radius 1 is 1.00 bits per heavy atom. The molecule has 12 heteroatoms. The first-order valence-corrected chi connectivity index (χ1v) is 12.9. The van der Waals surface area contributed by atoms with E-state index in [1.54, 1.807) is 12.1 Å². The number of hydrogen-bond acceptors (Lipinski definition) is 8. The van der Waals surface area contributed by atoms with E-state index in [2.05, 4.69) is 15.0 Å². The summed E-state index contributed by atoms with van der Waals surface area (Å²) in [6.45, 7) is 2.16. The Labute approximate surface area is 218 Å². The number of halogens is 1. The summed E-state index contributed by atoms with van der Waals surface area (Å²) in [6.07, 6.45) is 2.14. The summed E-state index contributed by atoms with van der Waals surface area (Å²) in [5.41, 5.74) is 0.669. The molecule has 1 aliphatic rings. The molecule has 0 radical (unpaired) electrons. The number of carbonyl (C=O) groups excluding carboxylic acids is 3. The van der Waals surface area contributed by atoms with Gasteiger partial charge in [-0.25, -0.2) is 23.1 Å². The molecule has 0 atom stereocenters. The van der Waals surface area contributed by atoms with Gasteiger partial charge in [0.2, 0.25) is 0 Å². The van der Waals surface area contributed by atoms with E-state index in [0.717, 1.165) is 4.90 Å². The van der Waals surface area contributed by atoms with Crippen molar-refractivity contribution in [2.75, 3.05) is 21.5 Å². The molecule has 0 spiro atoms. The van der Waals surface area contributed by atoms with Gasteiger partial charge in [-0.2, -0.15) is 0 Å². The van der Waals surface area contributed by atoms with E-state index in [0.29, 0.717) is 12.1 Å². The summed E-state index contributed by atoms with van der Waals surface area (Å²) in [5, 5.41) is 2.46. The van der Waals surface area contributed by atoms with Gasteiger partial charge in [-0.05, 0) is 67.1 Å². The molecule has 0 saturated heterocycles. The van der Waals surface area contributed by atoms with Crippen molar-refractivity contribution in [3.63, 3.8) is 0 Å². The highest BCUT2D eigenvalue weighted by molar-refractivity contribution is 7.92. The number of ether oxygens (including phenoxy) is 1. The van der Waals surface area contributed by atoms with Gasteiger partial charge >= 0.3 is 5.97 Å². The molecule has 190 valence electrons. The van der Waals surface area contributed by atoms with E-state index in [9.17, 15) is 22.8 Å². The largest absolute Gasteiger partial charge is 0.462 e. The average Bonchev–Trinajstić information content (AvgIpc) is 3.11. The van der Waals surface area contributed by atoms with Crippen LogP contribution < -0.4 is 14.9 Å². The minimum absolute atomic E-state index is 0.0308. The number of aromatic nitrogens is 1. The summed E-state index contributed by atoms with van der Waals surface area (Å²) < 4.78 is 32.6. The number of nitrogens with one attached hydrogen (secondary N) is 2. The zero-order chi connectivity index (χ0) is 26.6. The van der Waals surface area contributed by atoms with Gasteiger partial charge in [0.25, 0.3) is 21.8 Å². The lowest BCUT2D eigenvalue weighted by molar-refractivity contribution is -0.120. The summed E-state index contributed by atoms with van der Waals surface area (Å²) in [5.74, 6) is -1.78. The summed E-state index contributed by atoms with van der Waals surface area (Å²) in [7, 11) is -3.89. The van der Waals surface area contributed by atoms with Crippen molar-refractivity contribution in [3.8, 4) is 0 Å². The van der Waals surface area contributed by atoms with Gasteiger partial charge in [0.05, 0.1) is 22.8 Å². The Morgan fingerprint density at radius 2 is 1.70 bits per heavy atom. The maximum absolute atomic E-state index is 13.0. The molecule has 37 heavy (non-hydrogen) atoms. The maximum atomic E-state index is 13.0. The topological polar surface area (TPSA) is 135 Å². The maximum Gasteiger partial charge on any atom is 0.338 e. The molecule has 10 nitrogen and oxygen atoms in total. The molecule has 0 unspecified atom stereocenters. The minimum atomic E-state index is -3.89. The summed E-state index contributed by atoms with van der Waals surface area (Å²) >= 11 is 6.17. The number of esters is 1. The second-order valence-corrected chi connectivity index (χ2v) is 9.85. The molecular weight excluding hydrogens is 520 g/mol. The fourth-order valence-corrected chi connectivity index (χ4v) is 4.57. The lowest BCUT2D eigenvalue weighted by atomic mass is 10.2. The first-order chi connectivity index (χ1) is 17.7. The average molecular weight is 541 g/mol. The Morgan fingerprint density at radius 3 is 2.32 bits per heavy atom. The van der Waals surface area contributed by atoms with Crippen LogP contribution in [0.1, 0.15) is 23.7 Å². The van der Waals surface area contributed by atoms with E-state index >= 15 is 0 Å². The van der Waals surface area contributed by atoms with E-state index in [-0.39, 0.29) is 39.3 Å². The molecule has 0 fully saturated rings. The van der Waals surface area contributed by atoms with Crippen molar-refractivity contribution in [3.05, 3.63) is 89.2 Å². The molecule has 2 heterocycles. The normalized spacial score (nSPS) is 13.6. The second-order valence-electron chi connectivity index (χ2n) is 7.79. The first-order valence-electron chi connectivity index (χ1n) is 11.1. The van der Waals surface area contributed by atoms with Crippen LogP contribution in [0.5, 0.6) is 0 Å². The van der Waals surface area contributed by atoms with Crippen molar-refractivity contribution in [1.82, 2.24) is 4.98 Å². The van der Waals surface area contributed by atoms with Crippen molar-refractivity contribution < 1.29 is 27.5 Å². The zero-order valence-corrected chi connectivity index (χ0v) is 21.0. The van der Waals surface area contributed by atoms with Crippen LogP contribution in [0.15, 0.2) is 88.6 Å². The SMILES string of the molecule is CCCOC(=O)c1ccc(N2C(=O)C(Cl)=C(Nc3ccc(S(=O)(=O)Nc4ccccn4)cc3)C2=O)cc1. The number of rotatable bonds is 9. The highest BCUT2D eigenvalue weighted by atomic mass is 35.5. The predicted octanol–water partition coefficient (Wildman–Crippen LogP) is 3.88. The molecular formula is C25H21ClN4O6S. The smallest absolute Gasteiger partial charge is 0.338 e. The van der Waals surface area contributed by atoms with Gasteiger partial charge in [-0.15, -0.1) is 0 Å². The van der Waals surface area contributed by atoms with Crippen LogP contribution in [-0.4, -0.2) is 37.8 Å². The number of amides is 2. The van der Waals surface area contributed by atoms with Gasteiger partial charge in [-0.1, -0.05) is 24.6 Å². The third kappa shape index (κ3) is 5.63. The van der Waals surface area contributed by atoms with Crippen molar-refractivity contribution in [2.45, 2.75) is 18.2 Å². The molecule has 0 saturated carbocycles. The number of pyridine rings is 1. The Kier molecular flexibility index (Phi) is 7.55. The van der Waals surface area contributed by atoms with Crippen LogP contribution in [0.4, 0.5) is 17.2 Å². The fraction of sp³-hybridized carbons (Fsp3) is 0.120. The van der Waals surface area contributed by atoms with E-state index in [4.69, 9.17) is 16.3 Å². The molecule has 2 N–H and O–H groups in total. The van der Waals surface area contributed by atoms with E-state index in [1.165, 1.54) is 60.8 Å². The molecule has 3 aromatic rings. The molecule has 1 aliphatic heterocycles. The minimum Gasteiger partial charge on any atom is -0.462 e. The highest BCUT2D eigenvalue weighted by Gasteiger charge is 2.39. The highest BCUT2D eigenvalue weighted by Crippen LogP contribution is 2.30. The molecule has 0 aliphatic carbocycles. The molecule has 4 rings (SSSR count). The standard InChI is InChI=1S/C25H21ClN4O6S/c1-2-15-36-25(33)16-6-10-18(11-7-16)30-23(31)21(26)22(24(30)32)28-17-8-12-19(13-9-17)37(34,35)29-20-5-3-4-14-27-20/h3-14,28H,2,15H2,1H3,(H,27,29). The lowest BCUT2D eigenvalue weighted by Crippen LogP contribution is -2.32. The van der Waals surface area contributed by atoms with Gasteiger partial charge in [0, 0.05) is 11.9 Å². The van der Waals surface area contributed by atoms with E-state index < -0.39 is 27.8 Å². The van der Waals surface area contributed by atoms with Gasteiger partial charge in [0.15, 0.2) is 0 Å². The summed E-state index contributed by atoms with van der Waals surface area (Å²) in [4.78, 5) is 42.5. The Balaban J connectivity index is 1.47. The van der Waals surface area contributed by atoms with Crippen LogP contribution in [0.3, 0.4) is 0 Å². The molecule has 1 aromatic heterocycles. The number of sulfonamides is 1. The van der Waals surface area contributed by atoms with Gasteiger partial charge < -0.3 is 10.1 Å². The fourth-order valence-electron chi connectivity index (χ4n) is 3.35. The zero-order valence-electron chi connectivity index (χ0n) is 19.5. The van der Waals surface area contributed by atoms with Crippen LogP contribution in [0.25, 0.3) is 0 Å². The van der Waals surface area contributed by atoms with Crippen LogP contribution in [0, 0.1) is 0 Å². The summed E-state index contributed by atoms with van der Waals surface area (Å²) in [6, 6.07) is 16.1. The third-order valence-corrected chi connectivity index (χ3v) is 6.88. The monoisotopic (exact) mass is 540 g/mol. The van der Waals surface area contributed by atoms with Crippen LogP contribution in [0.2, 0.25) is 0 Å².